The van der Waals surface area contributed by atoms with Crippen molar-refractivity contribution in [1.82, 2.24) is 9.78 Å². The summed E-state index contributed by atoms with van der Waals surface area (Å²) in [6.45, 7) is 4.08. The number of carbonyl (C=O) groups is 2. The first-order valence-electron chi connectivity index (χ1n) is 6.59. The molecule has 0 unspecified atom stereocenters. The SMILES string of the molecule is Cc1cc(C)cc(NC(=O)c2ccnn2CCC(=O)O)c1. The lowest BCUT2D eigenvalue weighted by atomic mass is 10.1. The summed E-state index contributed by atoms with van der Waals surface area (Å²) in [6, 6.07) is 7.35. The van der Waals surface area contributed by atoms with E-state index in [0.717, 1.165) is 11.1 Å². The Kier molecular flexibility index (Phi) is 4.37. The summed E-state index contributed by atoms with van der Waals surface area (Å²) in [5, 5.41) is 15.5. The summed E-state index contributed by atoms with van der Waals surface area (Å²) in [5.74, 6) is -1.23. The van der Waals surface area contributed by atoms with Crippen molar-refractivity contribution in [2.45, 2.75) is 26.8 Å². The Morgan fingerprint density at radius 2 is 1.90 bits per heavy atom. The average Bonchev–Trinajstić information content (AvgIpc) is 2.83. The minimum absolute atomic E-state index is 0.0779. The van der Waals surface area contributed by atoms with Gasteiger partial charge in [0.25, 0.3) is 5.91 Å². The molecular weight excluding hydrogens is 270 g/mol. The van der Waals surface area contributed by atoms with Crippen LogP contribution in [0.4, 0.5) is 5.69 Å². The van der Waals surface area contributed by atoms with Crippen molar-refractivity contribution in [2.24, 2.45) is 0 Å². The zero-order chi connectivity index (χ0) is 15.4. The van der Waals surface area contributed by atoms with Gasteiger partial charge >= 0.3 is 5.97 Å². The molecule has 1 amide bonds. The first kappa shape index (κ1) is 14.8. The summed E-state index contributed by atoms with van der Waals surface area (Å²) in [5.41, 5.74) is 3.17. The largest absolute Gasteiger partial charge is 0.481 e. The van der Waals surface area contributed by atoms with E-state index in [1.807, 2.05) is 32.0 Å². The van der Waals surface area contributed by atoms with Crippen LogP contribution < -0.4 is 5.32 Å². The zero-order valence-electron chi connectivity index (χ0n) is 12.0. The van der Waals surface area contributed by atoms with Gasteiger partial charge in [-0.1, -0.05) is 6.07 Å². The van der Waals surface area contributed by atoms with E-state index in [4.69, 9.17) is 5.11 Å². The molecule has 0 spiro atoms. The van der Waals surface area contributed by atoms with Crippen molar-refractivity contribution in [3.63, 3.8) is 0 Å². The van der Waals surface area contributed by atoms with Gasteiger partial charge in [0, 0.05) is 11.9 Å². The lowest BCUT2D eigenvalue weighted by molar-refractivity contribution is -0.137. The predicted molar refractivity (Wildman–Crippen MR) is 78.3 cm³/mol. The molecule has 0 saturated heterocycles. The highest BCUT2D eigenvalue weighted by Crippen LogP contribution is 2.15. The van der Waals surface area contributed by atoms with Gasteiger partial charge in [-0.05, 0) is 43.2 Å². The van der Waals surface area contributed by atoms with Gasteiger partial charge < -0.3 is 10.4 Å². The monoisotopic (exact) mass is 287 g/mol. The molecular formula is C15H17N3O3. The normalized spacial score (nSPS) is 10.4. The molecule has 0 radical (unpaired) electrons. The van der Waals surface area contributed by atoms with Crippen molar-refractivity contribution in [1.29, 1.82) is 0 Å². The maximum absolute atomic E-state index is 12.2. The Hall–Kier alpha value is -2.63. The quantitative estimate of drug-likeness (QED) is 0.883. The molecule has 110 valence electrons. The van der Waals surface area contributed by atoms with Crippen molar-refractivity contribution < 1.29 is 14.7 Å². The minimum atomic E-state index is -0.925. The number of hydrogen-bond donors (Lipinski definition) is 2. The van der Waals surface area contributed by atoms with Gasteiger partial charge in [0.2, 0.25) is 0 Å². The second-order valence-corrected chi connectivity index (χ2v) is 4.91. The van der Waals surface area contributed by atoms with E-state index in [-0.39, 0.29) is 18.9 Å². The molecule has 0 aliphatic heterocycles. The van der Waals surface area contributed by atoms with Gasteiger partial charge in [-0.15, -0.1) is 0 Å². The van der Waals surface area contributed by atoms with E-state index in [1.54, 1.807) is 6.07 Å². The third-order valence-electron chi connectivity index (χ3n) is 2.97. The fourth-order valence-electron chi connectivity index (χ4n) is 2.15. The van der Waals surface area contributed by atoms with Gasteiger partial charge in [-0.2, -0.15) is 5.10 Å². The van der Waals surface area contributed by atoms with Crippen LogP contribution in [0.5, 0.6) is 0 Å². The lowest BCUT2D eigenvalue weighted by Gasteiger charge is -2.09. The molecule has 0 aliphatic rings. The summed E-state index contributed by atoms with van der Waals surface area (Å²) in [4.78, 5) is 22.8. The molecule has 0 bridgehead atoms. The van der Waals surface area contributed by atoms with Crippen LogP contribution in [0.1, 0.15) is 28.0 Å². The van der Waals surface area contributed by atoms with E-state index in [1.165, 1.54) is 10.9 Å². The minimum Gasteiger partial charge on any atom is -0.481 e. The van der Waals surface area contributed by atoms with Crippen molar-refractivity contribution in [3.8, 4) is 0 Å². The van der Waals surface area contributed by atoms with Crippen LogP contribution in [0.15, 0.2) is 30.5 Å². The zero-order valence-corrected chi connectivity index (χ0v) is 12.0. The average molecular weight is 287 g/mol. The number of rotatable bonds is 5. The maximum Gasteiger partial charge on any atom is 0.305 e. The van der Waals surface area contributed by atoms with E-state index in [0.29, 0.717) is 11.4 Å². The van der Waals surface area contributed by atoms with Gasteiger partial charge in [0.05, 0.1) is 13.0 Å². The number of aliphatic carboxylic acids is 1. The Bertz CT molecular complexity index is 656. The smallest absolute Gasteiger partial charge is 0.305 e. The first-order valence-corrected chi connectivity index (χ1v) is 6.59. The number of nitrogens with one attached hydrogen (secondary N) is 1. The number of hydrogen-bond acceptors (Lipinski definition) is 3. The molecule has 2 aromatic rings. The Labute approximate surface area is 122 Å². The number of nitrogens with zero attached hydrogens (tertiary/aromatic N) is 2. The molecule has 0 saturated carbocycles. The van der Waals surface area contributed by atoms with Crippen molar-refractivity contribution >= 4 is 17.6 Å². The number of carbonyl (C=O) groups excluding carboxylic acids is 1. The second kappa shape index (κ2) is 6.21. The predicted octanol–water partition coefficient (Wildman–Crippen LogP) is 2.23. The molecule has 2 rings (SSSR count). The number of benzene rings is 1. The van der Waals surface area contributed by atoms with Crippen LogP contribution in [0, 0.1) is 13.8 Å². The molecule has 0 fully saturated rings. The summed E-state index contributed by atoms with van der Waals surface area (Å²) >= 11 is 0. The maximum atomic E-state index is 12.2. The third-order valence-corrected chi connectivity index (χ3v) is 2.97. The first-order chi connectivity index (χ1) is 9.95. The van der Waals surface area contributed by atoms with Crippen LogP contribution in [0.3, 0.4) is 0 Å². The topological polar surface area (TPSA) is 84.2 Å². The molecule has 0 atom stereocenters. The van der Waals surface area contributed by atoms with Crippen LogP contribution in [-0.4, -0.2) is 26.8 Å². The van der Waals surface area contributed by atoms with Crippen LogP contribution >= 0.6 is 0 Å². The van der Waals surface area contributed by atoms with Crippen LogP contribution in [-0.2, 0) is 11.3 Å². The number of aryl methyl sites for hydroxylation is 3. The molecule has 21 heavy (non-hydrogen) atoms. The fraction of sp³-hybridized carbons (Fsp3) is 0.267. The van der Waals surface area contributed by atoms with Gasteiger partial charge in [-0.3, -0.25) is 14.3 Å². The summed E-state index contributed by atoms with van der Waals surface area (Å²) in [7, 11) is 0. The molecule has 1 heterocycles. The van der Waals surface area contributed by atoms with Gasteiger partial charge in [0.1, 0.15) is 5.69 Å². The molecule has 0 aliphatic carbocycles. The Morgan fingerprint density at radius 1 is 1.24 bits per heavy atom. The number of anilines is 1. The van der Waals surface area contributed by atoms with E-state index < -0.39 is 5.97 Å². The second-order valence-electron chi connectivity index (χ2n) is 4.91. The van der Waals surface area contributed by atoms with Gasteiger partial charge in [0.15, 0.2) is 0 Å². The highest BCUT2D eigenvalue weighted by Gasteiger charge is 2.13. The van der Waals surface area contributed by atoms with Crippen molar-refractivity contribution in [2.75, 3.05) is 5.32 Å². The molecule has 2 N–H and O–H groups in total. The van der Waals surface area contributed by atoms with Crippen LogP contribution in [0.2, 0.25) is 0 Å². The third kappa shape index (κ3) is 3.92. The Balaban J connectivity index is 2.13. The number of aromatic nitrogens is 2. The number of carboxylic acid groups (broad SMARTS) is 1. The highest BCUT2D eigenvalue weighted by atomic mass is 16.4. The Morgan fingerprint density at radius 3 is 2.52 bits per heavy atom. The van der Waals surface area contributed by atoms with Crippen molar-refractivity contribution in [3.05, 3.63) is 47.3 Å². The van der Waals surface area contributed by atoms with E-state index in [9.17, 15) is 9.59 Å². The van der Waals surface area contributed by atoms with E-state index in [2.05, 4.69) is 10.4 Å². The molecule has 6 heteroatoms. The van der Waals surface area contributed by atoms with Crippen LogP contribution in [0.25, 0.3) is 0 Å². The van der Waals surface area contributed by atoms with Gasteiger partial charge in [-0.25, -0.2) is 0 Å². The standard InChI is InChI=1S/C15H17N3O3/c1-10-7-11(2)9-12(8-10)17-15(21)13-3-5-16-18(13)6-4-14(19)20/h3,5,7-9H,4,6H2,1-2H3,(H,17,21)(H,19,20). The summed E-state index contributed by atoms with van der Waals surface area (Å²) in [6.07, 6.45) is 1.41. The number of carboxylic acids is 1. The van der Waals surface area contributed by atoms with E-state index >= 15 is 0 Å². The molecule has 1 aromatic heterocycles. The molecule has 6 nitrogen and oxygen atoms in total. The summed E-state index contributed by atoms with van der Waals surface area (Å²) < 4.78 is 1.39. The highest BCUT2D eigenvalue weighted by molar-refractivity contribution is 6.03. The fourth-order valence-corrected chi connectivity index (χ4v) is 2.15. The number of amides is 1. The molecule has 1 aromatic carbocycles. The lowest BCUT2D eigenvalue weighted by Crippen LogP contribution is -2.19.